The smallest absolute Gasteiger partial charge is 0.251 e. The number of amides is 2. The van der Waals surface area contributed by atoms with Crippen LogP contribution in [0.4, 0.5) is 0 Å². The van der Waals surface area contributed by atoms with Crippen LogP contribution in [0.3, 0.4) is 0 Å². The summed E-state index contributed by atoms with van der Waals surface area (Å²) in [6.07, 6.45) is 2.92. The highest BCUT2D eigenvalue weighted by atomic mass is 35.5. The summed E-state index contributed by atoms with van der Waals surface area (Å²) in [6, 6.07) is 12.3. The van der Waals surface area contributed by atoms with E-state index in [0.29, 0.717) is 35.3 Å². The first-order valence-electron chi connectivity index (χ1n) is 12.6. The molecule has 10 heteroatoms. The fourth-order valence-electron chi connectivity index (χ4n) is 4.81. The third-order valence-corrected chi connectivity index (χ3v) is 7.44. The number of benzene rings is 2. The summed E-state index contributed by atoms with van der Waals surface area (Å²) in [5, 5.41) is 3.46. The maximum absolute atomic E-state index is 13.1. The van der Waals surface area contributed by atoms with Crippen LogP contribution in [0.5, 0.6) is 0 Å². The number of nitrogens with one attached hydrogen (secondary N) is 1. The Bertz CT molecular complexity index is 1250. The number of hydrogen-bond acceptors (Lipinski definition) is 5. The quantitative estimate of drug-likeness (QED) is 0.371. The number of rotatable bonds is 10. The van der Waals surface area contributed by atoms with E-state index < -0.39 is 6.04 Å². The van der Waals surface area contributed by atoms with Crippen LogP contribution in [0, 0.1) is 0 Å². The third-order valence-electron chi connectivity index (χ3n) is 6.70. The van der Waals surface area contributed by atoms with Gasteiger partial charge in [-0.2, -0.15) is 0 Å². The molecule has 2 heterocycles. The van der Waals surface area contributed by atoms with Crippen molar-refractivity contribution >= 4 is 46.0 Å². The fraction of sp³-hybridized carbons (Fsp3) is 0.444. The lowest BCUT2D eigenvalue weighted by molar-refractivity contribution is -0.132. The SMILES string of the molecule is COCCCn1c([C@@H]2CCCN(C(=O)C[C@@H](N)CNC(=O)c3ccc(Cl)c(Cl)c3)C2)nc2ccccc21. The number of imidazole rings is 1. The number of carbonyl (C=O) groups excluding carboxylic acids is 2. The maximum Gasteiger partial charge on any atom is 0.251 e. The lowest BCUT2D eigenvalue weighted by atomic mass is 9.96. The van der Waals surface area contributed by atoms with Crippen molar-refractivity contribution in [3.8, 4) is 0 Å². The van der Waals surface area contributed by atoms with Crippen molar-refractivity contribution in [3.63, 3.8) is 0 Å². The van der Waals surface area contributed by atoms with Crippen molar-refractivity contribution in [1.82, 2.24) is 19.8 Å². The highest BCUT2D eigenvalue weighted by Gasteiger charge is 2.29. The fourth-order valence-corrected chi connectivity index (χ4v) is 5.11. The number of carbonyl (C=O) groups is 2. The van der Waals surface area contributed by atoms with Gasteiger partial charge in [-0.1, -0.05) is 35.3 Å². The molecule has 2 atom stereocenters. The summed E-state index contributed by atoms with van der Waals surface area (Å²) in [5.41, 5.74) is 8.68. The topological polar surface area (TPSA) is 102 Å². The molecule has 198 valence electrons. The standard InChI is InChI=1S/C27H33Cl2N5O3/c1-37-13-5-12-34-24-8-3-2-7-23(24)32-26(34)19-6-4-11-33(17-19)25(35)15-20(30)16-31-27(36)18-9-10-21(28)22(29)14-18/h2-3,7-10,14,19-20H,4-6,11-13,15-17,30H2,1H3,(H,31,36)/t19-,20-/m1/s1. The molecule has 8 nitrogen and oxygen atoms in total. The minimum Gasteiger partial charge on any atom is -0.385 e. The van der Waals surface area contributed by atoms with Gasteiger partial charge in [0.2, 0.25) is 5.91 Å². The van der Waals surface area contributed by atoms with Crippen molar-refractivity contribution in [2.45, 2.75) is 44.2 Å². The van der Waals surface area contributed by atoms with Gasteiger partial charge in [-0.3, -0.25) is 9.59 Å². The second-order valence-electron chi connectivity index (χ2n) is 9.44. The number of piperidine rings is 1. The lowest BCUT2D eigenvalue weighted by Crippen LogP contribution is -2.45. The molecule has 3 aromatic rings. The number of halogens is 2. The van der Waals surface area contributed by atoms with Crippen molar-refractivity contribution in [2.75, 3.05) is 33.4 Å². The molecular formula is C27H33Cl2N5O3. The summed E-state index contributed by atoms with van der Waals surface area (Å²) in [6.45, 7) is 2.98. The minimum atomic E-state index is -0.502. The Labute approximate surface area is 227 Å². The maximum atomic E-state index is 13.1. The number of aryl methyl sites for hydroxylation is 1. The molecule has 1 aliphatic rings. The van der Waals surface area contributed by atoms with E-state index in [0.717, 1.165) is 42.7 Å². The average Bonchev–Trinajstić information content (AvgIpc) is 3.27. The average molecular weight is 546 g/mol. The summed E-state index contributed by atoms with van der Waals surface area (Å²) in [7, 11) is 1.71. The summed E-state index contributed by atoms with van der Waals surface area (Å²) in [4.78, 5) is 32.4. The predicted molar refractivity (Wildman–Crippen MR) is 146 cm³/mol. The zero-order valence-corrected chi connectivity index (χ0v) is 22.5. The number of fused-ring (bicyclic) bond motifs is 1. The second kappa shape index (κ2) is 12.7. The van der Waals surface area contributed by atoms with Gasteiger partial charge in [-0.15, -0.1) is 0 Å². The van der Waals surface area contributed by atoms with Crippen LogP contribution in [0.15, 0.2) is 42.5 Å². The van der Waals surface area contributed by atoms with Crippen molar-refractivity contribution in [3.05, 3.63) is 63.9 Å². The Morgan fingerprint density at radius 2 is 2.03 bits per heavy atom. The molecule has 3 N–H and O–H groups in total. The largest absolute Gasteiger partial charge is 0.385 e. The summed E-state index contributed by atoms with van der Waals surface area (Å²) in [5.74, 6) is 0.848. The summed E-state index contributed by atoms with van der Waals surface area (Å²) >= 11 is 11.9. The van der Waals surface area contributed by atoms with Gasteiger partial charge < -0.3 is 25.3 Å². The van der Waals surface area contributed by atoms with E-state index in [1.54, 1.807) is 19.2 Å². The molecule has 0 aliphatic carbocycles. The molecule has 2 aromatic carbocycles. The molecule has 1 fully saturated rings. The molecule has 0 unspecified atom stereocenters. The molecule has 0 bridgehead atoms. The highest BCUT2D eigenvalue weighted by molar-refractivity contribution is 6.42. The van der Waals surface area contributed by atoms with Crippen LogP contribution >= 0.6 is 23.2 Å². The van der Waals surface area contributed by atoms with Gasteiger partial charge in [0.15, 0.2) is 0 Å². The summed E-state index contributed by atoms with van der Waals surface area (Å²) < 4.78 is 7.53. The van der Waals surface area contributed by atoms with Crippen LogP contribution in [-0.2, 0) is 16.1 Å². The van der Waals surface area contributed by atoms with Crippen LogP contribution in [0.1, 0.15) is 47.8 Å². The number of nitrogens with zero attached hydrogens (tertiary/aromatic N) is 3. The van der Waals surface area contributed by atoms with E-state index in [1.165, 1.54) is 6.07 Å². The van der Waals surface area contributed by atoms with E-state index in [1.807, 2.05) is 23.1 Å². The monoisotopic (exact) mass is 545 g/mol. The molecule has 1 saturated heterocycles. The van der Waals surface area contributed by atoms with Gasteiger partial charge in [0.1, 0.15) is 5.82 Å². The number of hydrogen-bond donors (Lipinski definition) is 2. The van der Waals surface area contributed by atoms with E-state index >= 15 is 0 Å². The van der Waals surface area contributed by atoms with Gasteiger partial charge >= 0.3 is 0 Å². The molecule has 0 radical (unpaired) electrons. The Morgan fingerprint density at radius 1 is 1.22 bits per heavy atom. The normalized spacial score (nSPS) is 16.6. The molecule has 2 amide bonds. The van der Waals surface area contributed by atoms with Gasteiger partial charge in [-0.05, 0) is 49.6 Å². The first-order chi connectivity index (χ1) is 17.9. The first kappa shape index (κ1) is 27.4. The van der Waals surface area contributed by atoms with E-state index in [-0.39, 0.29) is 30.7 Å². The van der Waals surface area contributed by atoms with Crippen molar-refractivity contribution in [1.29, 1.82) is 0 Å². The third kappa shape index (κ3) is 6.82. The second-order valence-corrected chi connectivity index (χ2v) is 10.3. The van der Waals surface area contributed by atoms with Gasteiger partial charge in [0.05, 0.1) is 21.1 Å². The van der Waals surface area contributed by atoms with Crippen LogP contribution in [-0.4, -0.2) is 65.7 Å². The van der Waals surface area contributed by atoms with Gasteiger partial charge in [0.25, 0.3) is 5.91 Å². The predicted octanol–water partition coefficient (Wildman–Crippen LogP) is 4.23. The Kier molecular flexibility index (Phi) is 9.43. The minimum absolute atomic E-state index is 0.0111. The van der Waals surface area contributed by atoms with Crippen LogP contribution in [0.25, 0.3) is 11.0 Å². The number of aromatic nitrogens is 2. The first-order valence-corrected chi connectivity index (χ1v) is 13.3. The zero-order valence-electron chi connectivity index (χ0n) is 21.0. The molecule has 0 saturated carbocycles. The number of likely N-dealkylation sites (tertiary alicyclic amines) is 1. The molecule has 1 aromatic heterocycles. The van der Waals surface area contributed by atoms with Crippen molar-refractivity contribution in [2.24, 2.45) is 5.73 Å². The molecule has 0 spiro atoms. The van der Waals surface area contributed by atoms with E-state index in [9.17, 15) is 9.59 Å². The van der Waals surface area contributed by atoms with Gasteiger partial charge in [-0.25, -0.2) is 4.98 Å². The molecule has 37 heavy (non-hydrogen) atoms. The lowest BCUT2D eigenvalue weighted by Gasteiger charge is -2.33. The van der Waals surface area contributed by atoms with E-state index in [4.69, 9.17) is 38.7 Å². The Hall–Kier alpha value is -2.65. The number of para-hydroxylation sites is 2. The molecular weight excluding hydrogens is 513 g/mol. The number of methoxy groups -OCH3 is 1. The Morgan fingerprint density at radius 3 is 2.81 bits per heavy atom. The molecule has 1 aliphatic heterocycles. The number of nitrogens with two attached hydrogens (primary N) is 1. The van der Waals surface area contributed by atoms with E-state index in [2.05, 4.69) is 16.0 Å². The van der Waals surface area contributed by atoms with Crippen LogP contribution in [0.2, 0.25) is 10.0 Å². The highest BCUT2D eigenvalue weighted by Crippen LogP contribution is 2.30. The Balaban J connectivity index is 1.36. The molecule has 4 rings (SSSR count). The van der Waals surface area contributed by atoms with Crippen LogP contribution < -0.4 is 11.1 Å². The van der Waals surface area contributed by atoms with Gasteiger partial charge in [0, 0.05) is 63.8 Å². The van der Waals surface area contributed by atoms with Crippen molar-refractivity contribution < 1.29 is 14.3 Å². The number of ether oxygens (including phenoxy) is 1. The zero-order chi connectivity index (χ0) is 26.4.